The predicted molar refractivity (Wildman–Crippen MR) is 53.8 cm³/mol. The minimum Gasteiger partial charge on any atom is -0.508 e. The summed E-state index contributed by atoms with van der Waals surface area (Å²) in [4.78, 5) is 0. The van der Waals surface area contributed by atoms with Crippen molar-refractivity contribution in [2.45, 2.75) is 12.8 Å². The third kappa shape index (κ3) is 1.20. The lowest BCUT2D eigenvalue weighted by atomic mass is 10.1. The summed E-state index contributed by atoms with van der Waals surface area (Å²) in [6.45, 7) is 1.77. The normalized spacial score (nSPS) is 21.7. The Kier molecular flexibility index (Phi) is 1.46. The van der Waals surface area contributed by atoms with Gasteiger partial charge in [-0.15, -0.1) is 0 Å². The highest BCUT2D eigenvalue weighted by atomic mass is 16.5. The molecule has 0 radical (unpaired) electrons. The zero-order valence-corrected chi connectivity index (χ0v) is 7.92. The van der Waals surface area contributed by atoms with Crippen molar-refractivity contribution in [3.05, 3.63) is 18.2 Å². The zero-order valence-electron chi connectivity index (χ0n) is 7.92. The van der Waals surface area contributed by atoms with E-state index in [2.05, 4.69) is 5.32 Å². The second-order valence-electron chi connectivity index (χ2n) is 4.32. The van der Waals surface area contributed by atoms with Crippen LogP contribution in [0.3, 0.4) is 0 Å². The van der Waals surface area contributed by atoms with Crippen LogP contribution in [0.1, 0.15) is 12.8 Å². The molecule has 1 fully saturated rings. The van der Waals surface area contributed by atoms with Gasteiger partial charge in [0.1, 0.15) is 11.5 Å². The third-order valence-electron chi connectivity index (χ3n) is 3.11. The maximum atomic E-state index is 9.32. The molecule has 3 heteroatoms. The Morgan fingerprint density at radius 1 is 1.36 bits per heavy atom. The van der Waals surface area contributed by atoms with E-state index in [1.165, 1.54) is 12.8 Å². The zero-order chi connectivity index (χ0) is 9.60. The molecule has 2 N–H and O–H groups in total. The highest BCUT2D eigenvalue weighted by Gasteiger charge is 2.44. The molecule has 0 amide bonds. The quantitative estimate of drug-likeness (QED) is 0.616. The first-order valence-corrected chi connectivity index (χ1v) is 4.97. The van der Waals surface area contributed by atoms with Gasteiger partial charge in [-0.2, -0.15) is 0 Å². The molecule has 1 aromatic carbocycles. The number of rotatable bonds is 0. The first kappa shape index (κ1) is 7.97. The van der Waals surface area contributed by atoms with E-state index in [0.29, 0.717) is 5.41 Å². The number of benzene rings is 1. The number of fused-ring (bicyclic) bond motifs is 1. The van der Waals surface area contributed by atoms with E-state index in [1.54, 1.807) is 12.1 Å². The van der Waals surface area contributed by atoms with Crippen molar-refractivity contribution in [2.75, 3.05) is 18.5 Å². The van der Waals surface area contributed by atoms with Crippen molar-refractivity contribution >= 4 is 5.69 Å². The molecule has 3 nitrogen and oxygen atoms in total. The summed E-state index contributed by atoms with van der Waals surface area (Å²) < 4.78 is 5.68. The number of phenolic OH excluding ortho intramolecular Hbond substituents is 1. The highest BCUT2D eigenvalue weighted by Crippen LogP contribution is 2.48. The van der Waals surface area contributed by atoms with Gasteiger partial charge in [-0.05, 0) is 25.0 Å². The molecule has 74 valence electrons. The topological polar surface area (TPSA) is 41.5 Å². The molecular formula is C11H13NO2. The number of phenols is 1. The fourth-order valence-electron chi connectivity index (χ4n) is 1.84. The summed E-state index contributed by atoms with van der Waals surface area (Å²) in [6, 6.07) is 5.22. The van der Waals surface area contributed by atoms with Gasteiger partial charge in [0, 0.05) is 18.0 Å². The second kappa shape index (κ2) is 2.56. The van der Waals surface area contributed by atoms with Crippen LogP contribution in [-0.4, -0.2) is 18.3 Å². The molecular weight excluding hydrogens is 178 g/mol. The minimum absolute atomic E-state index is 0.261. The lowest BCUT2D eigenvalue weighted by molar-refractivity contribution is 0.250. The highest BCUT2D eigenvalue weighted by molar-refractivity contribution is 5.59. The van der Waals surface area contributed by atoms with Crippen molar-refractivity contribution in [2.24, 2.45) is 5.41 Å². The van der Waals surface area contributed by atoms with Crippen LogP contribution < -0.4 is 10.1 Å². The first-order chi connectivity index (χ1) is 6.77. The molecule has 0 unspecified atom stereocenters. The van der Waals surface area contributed by atoms with Gasteiger partial charge in [-0.25, -0.2) is 0 Å². The number of anilines is 1. The van der Waals surface area contributed by atoms with Crippen molar-refractivity contribution in [1.29, 1.82) is 0 Å². The molecule has 2 aliphatic rings. The predicted octanol–water partition coefficient (Wildman–Crippen LogP) is 1.98. The Labute approximate surface area is 82.7 Å². The lowest BCUT2D eigenvalue weighted by Crippen LogP contribution is -2.18. The smallest absolute Gasteiger partial charge is 0.146 e. The van der Waals surface area contributed by atoms with E-state index in [-0.39, 0.29) is 5.75 Å². The molecule has 1 aliphatic carbocycles. The van der Waals surface area contributed by atoms with Crippen LogP contribution in [0.5, 0.6) is 11.5 Å². The van der Waals surface area contributed by atoms with Crippen LogP contribution >= 0.6 is 0 Å². The maximum absolute atomic E-state index is 9.32. The van der Waals surface area contributed by atoms with E-state index in [9.17, 15) is 5.11 Å². The van der Waals surface area contributed by atoms with Gasteiger partial charge in [0.2, 0.25) is 0 Å². The summed E-state index contributed by atoms with van der Waals surface area (Å²) >= 11 is 0. The molecule has 1 saturated carbocycles. The second-order valence-corrected chi connectivity index (χ2v) is 4.32. The van der Waals surface area contributed by atoms with Crippen LogP contribution in [0, 0.1) is 5.41 Å². The molecule has 3 rings (SSSR count). The SMILES string of the molecule is Oc1ccc2c(c1)OCC1(CC1)CN2. The molecule has 14 heavy (non-hydrogen) atoms. The van der Waals surface area contributed by atoms with Gasteiger partial charge in [-0.3, -0.25) is 0 Å². The number of hydrogen-bond donors (Lipinski definition) is 2. The molecule has 0 bridgehead atoms. The van der Waals surface area contributed by atoms with Crippen molar-refractivity contribution in [3.8, 4) is 11.5 Å². The van der Waals surface area contributed by atoms with Crippen molar-refractivity contribution < 1.29 is 9.84 Å². The first-order valence-electron chi connectivity index (χ1n) is 4.97. The fraction of sp³-hybridized carbons (Fsp3) is 0.455. The minimum atomic E-state index is 0.261. The monoisotopic (exact) mass is 191 g/mol. The van der Waals surface area contributed by atoms with Crippen LogP contribution in [-0.2, 0) is 0 Å². The van der Waals surface area contributed by atoms with E-state index in [1.807, 2.05) is 6.07 Å². The van der Waals surface area contributed by atoms with Crippen LogP contribution in [0.25, 0.3) is 0 Å². The van der Waals surface area contributed by atoms with Crippen LogP contribution in [0.2, 0.25) is 0 Å². The third-order valence-corrected chi connectivity index (χ3v) is 3.11. The average molecular weight is 191 g/mol. The molecule has 1 aliphatic heterocycles. The van der Waals surface area contributed by atoms with Gasteiger partial charge >= 0.3 is 0 Å². The molecule has 1 aromatic rings. The summed E-state index contributed by atoms with van der Waals surface area (Å²) in [5.41, 5.74) is 1.36. The fourth-order valence-corrected chi connectivity index (χ4v) is 1.84. The Bertz CT molecular complexity index is 372. The van der Waals surface area contributed by atoms with E-state index < -0.39 is 0 Å². The van der Waals surface area contributed by atoms with E-state index in [4.69, 9.17) is 4.74 Å². The summed E-state index contributed by atoms with van der Waals surface area (Å²) in [6.07, 6.45) is 2.50. The summed E-state index contributed by atoms with van der Waals surface area (Å²) in [5.74, 6) is 1.03. The Morgan fingerprint density at radius 3 is 3.00 bits per heavy atom. The molecule has 0 aromatic heterocycles. The van der Waals surface area contributed by atoms with Crippen LogP contribution in [0.4, 0.5) is 5.69 Å². The summed E-state index contributed by atoms with van der Waals surface area (Å²) in [7, 11) is 0. The number of ether oxygens (including phenoxy) is 1. The summed E-state index contributed by atoms with van der Waals surface area (Å²) in [5, 5.41) is 12.7. The van der Waals surface area contributed by atoms with Gasteiger partial charge in [0.15, 0.2) is 0 Å². The van der Waals surface area contributed by atoms with Crippen LogP contribution in [0.15, 0.2) is 18.2 Å². The van der Waals surface area contributed by atoms with Crippen molar-refractivity contribution in [3.63, 3.8) is 0 Å². The molecule has 1 heterocycles. The molecule has 0 atom stereocenters. The Hall–Kier alpha value is -1.38. The van der Waals surface area contributed by atoms with Gasteiger partial charge in [-0.1, -0.05) is 0 Å². The number of aromatic hydroxyl groups is 1. The van der Waals surface area contributed by atoms with Gasteiger partial charge < -0.3 is 15.2 Å². The maximum Gasteiger partial charge on any atom is 0.146 e. The van der Waals surface area contributed by atoms with Crippen molar-refractivity contribution in [1.82, 2.24) is 0 Å². The number of hydrogen-bond acceptors (Lipinski definition) is 3. The van der Waals surface area contributed by atoms with Gasteiger partial charge in [0.25, 0.3) is 0 Å². The Balaban J connectivity index is 1.93. The largest absolute Gasteiger partial charge is 0.508 e. The average Bonchev–Trinajstić information content (AvgIpc) is 2.96. The lowest BCUT2D eigenvalue weighted by Gasteiger charge is -2.09. The van der Waals surface area contributed by atoms with E-state index >= 15 is 0 Å². The molecule has 1 spiro atoms. The van der Waals surface area contributed by atoms with Gasteiger partial charge in [0.05, 0.1) is 12.3 Å². The number of nitrogens with one attached hydrogen (secondary N) is 1. The standard InChI is InChI=1S/C11H13NO2/c13-8-1-2-9-10(5-8)14-7-11(3-4-11)6-12-9/h1-2,5,12-13H,3-4,6-7H2. The molecule has 0 saturated heterocycles. The Morgan fingerprint density at radius 2 is 2.21 bits per heavy atom. The van der Waals surface area contributed by atoms with E-state index in [0.717, 1.165) is 24.6 Å².